The van der Waals surface area contributed by atoms with Crippen LogP contribution in [0.5, 0.6) is 0 Å². The number of aromatic nitrogens is 1. The van der Waals surface area contributed by atoms with Crippen molar-refractivity contribution >= 4 is 27.3 Å². The molecular weight excluding hydrogens is 266 g/mol. The molecule has 3 heteroatoms. The lowest BCUT2D eigenvalue weighted by atomic mass is 10.0. The van der Waals surface area contributed by atoms with E-state index in [0.29, 0.717) is 6.42 Å². The maximum absolute atomic E-state index is 12.2. The molecular formula is C17H15NOS. The molecule has 0 fully saturated rings. The van der Waals surface area contributed by atoms with E-state index in [1.54, 1.807) is 17.5 Å². The molecule has 1 aromatic carbocycles. The van der Waals surface area contributed by atoms with Crippen molar-refractivity contribution in [3.05, 3.63) is 65.2 Å². The van der Waals surface area contributed by atoms with Gasteiger partial charge in [-0.2, -0.15) is 0 Å². The summed E-state index contributed by atoms with van der Waals surface area (Å²) in [4.78, 5) is 16.5. The molecule has 0 radical (unpaired) electrons. The molecule has 0 amide bonds. The predicted octanol–water partition coefficient (Wildman–Crippen LogP) is 4.50. The van der Waals surface area contributed by atoms with E-state index < -0.39 is 0 Å². The van der Waals surface area contributed by atoms with Gasteiger partial charge in [-0.25, -0.2) is 0 Å². The fourth-order valence-electron chi connectivity index (χ4n) is 2.24. The number of Topliss-reactive ketones (excluding diaryl/α,β-unsaturated/α-hetero) is 1. The van der Waals surface area contributed by atoms with Gasteiger partial charge in [0.25, 0.3) is 0 Å². The quantitative estimate of drug-likeness (QED) is 0.644. The molecule has 0 saturated carbocycles. The van der Waals surface area contributed by atoms with Crippen LogP contribution in [0.4, 0.5) is 0 Å². The SMILES string of the molecule is O=C(CCCc1ccccc1)c1cnc2ccsc2c1. The highest BCUT2D eigenvalue weighted by molar-refractivity contribution is 7.17. The zero-order chi connectivity index (χ0) is 13.8. The first kappa shape index (κ1) is 13.0. The molecule has 0 aliphatic rings. The van der Waals surface area contributed by atoms with Gasteiger partial charge < -0.3 is 0 Å². The van der Waals surface area contributed by atoms with Crippen LogP contribution in [-0.4, -0.2) is 10.8 Å². The zero-order valence-corrected chi connectivity index (χ0v) is 11.9. The molecule has 2 nitrogen and oxygen atoms in total. The highest BCUT2D eigenvalue weighted by Crippen LogP contribution is 2.20. The Labute approximate surface area is 122 Å². The Hall–Kier alpha value is -2.00. The summed E-state index contributed by atoms with van der Waals surface area (Å²) >= 11 is 1.62. The summed E-state index contributed by atoms with van der Waals surface area (Å²) in [5.41, 5.74) is 2.98. The van der Waals surface area contributed by atoms with Crippen LogP contribution in [0.25, 0.3) is 10.2 Å². The number of aryl methyl sites for hydroxylation is 1. The second-order valence-electron chi connectivity index (χ2n) is 4.79. The molecule has 0 aliphatic carbocycles. The van der Waals surface area contributed by atoms with Gasteiger partial charge in [0, 0.05) is 18.2 Å². The topological polar surface area (TPSA) is 30.0 Å². The first-order chi connectivity index (χ1) is 9.83. The number of benzene rings is 1. The van der Waals surface area contributed by atoms with Gasteiger partial charge in [0.05, 0.1) is 10.2 Å². The lowest BCUT2D eigenvalue weighted by Crippen LogP contribution is -2.00. The van der Waals surface area contributed by atoms with E-state index in [-0.39, 0.29) is 5.78 Å². The minimum Gasteiger partial charge on any atom is -0.294 e. The van der Waals surface area contributed by atoms with Gasteiger partial charge in [-0.1, -0.05) is 30.3 Å². The molecule has 3 rings (SSSR count). The van der Waals surface area contributed by atoms with E-state index in [4.69, 9.17) is 0 Å². The van der Waals surface area contributed by atoms with E-state index in [1.807, 2.05) is 35.7 Å². The summed E-state index contributed by atoms with van der Waals surface area (Å²) in [6.07, 6.45) is 4.10. The van der Waals surface area contributed by atoms with Gasteiger partial charge in [-0.15, -0.1) is 11.3 Å². The summed E-state index contributed by atoms with van der Waals surface area (Å²) in [7, 11) is 0. The number of fused-ring (bicyclic) bond motifs is 1. The molecule has 100 valence electrons. The molecule has 0 saturated heterocycles. The maximum Gasteiger partial charge on any atom is 0.164 e. The van der Waals surface area contributed by atoms with Crippen molar-refractivity contribution in [2.75, 3.05) is 0 Å². The van der Waals surface area contributed by atoms with Crippen molar-refractivity contribution in [1.82, 2.24) is 4.98 Å². The number of carbonyl (C=O) groups is 1. The van der Waals surface area contributed by atoms with E-state index in [9.17, 15) is 4.79 Å². The molecule has 0 aliphatic heterocycles. The summed E-state index contributed by atoms with van der Waals surface area (Å²) in [6.45, 7) is 0. The summed E-state index contributed by atoms with van der Waals surface area (Å²) in [6, 6.07) is 14.2. The van der Waals surface area contributed by atoms with Crippen molar-refractivity contribution in [3.8, 4) is 0 Å². The van der Waals surface area contributed by atoms with Crippen LogP contribution in [0, 0.1) is 0 Å². The number of pyridine rings is 1. The minimum absolute atomic E-state index is 0.184. The van der Waals surface area contributed by atoms with Crippen LogP contribution in [-0.2, 0) is 6.42 Å². The second kappa shape index (κ2) is 5.97. The molecule has 0 N–H and O–H groups in total. The number of hydrogen-bond acceptors (Lipinski definition) is 3. The standard InChI is InChI=1S/C17H15NOS/c19-16(8-4-7-13-5-2-1-3-6-13)14-11-17-15(18-12-14)9-10-20-17/h1-3,5-6,9-12H,4,7-8H2. The average Bonchev–Trinajstić information content (AvgIpc) is 2.95. The first-order valence-corrected chi connectivity index (χ1v) is 7.61. The Morgan fingerprint density at radius 1 is 1.15 bits per heavy atom. The van der Waals surface area contributed by atoms with Crippen LogP contribution in [0.3, 0.4) is 0 Å². The highest BCUT2D eigenvalue weighted by atomic mass is 32.1. The Bertz CT molecular complexity index is 718. The van der Waals surface area contributed by atoms with Gasteiger partial charge in [0.1, 0.15) is 0 Å². The highest BCUT2D eigenvalue weighted by Gasteiger charge is 2.08. The van der Waals surface area contributed by atoms with Crippen LogP contribution in [0.2, 0.25) is 0 Å². The smallest absolute Gasteiger partial charge is 0.164 e. The van der Waals surface area contributed by atoms with E-state index >= 15 is 0 Å². The van der Waals surface area contributed by atoms with Crippen LogP contribution in [0.15, 0.2) is 54.0 Å². The molecule has 0 bridgehead atoms. The second-order valence-corrected chi connectivity index (χ2v) is 5.74. The predicted molar refractivity (Wildman–Crippen MR) is 83.3 cm³/mol. The number of nitrogens with zero attached hydrogens (tertiary/aromatic N) is 1. The molecule has 0 atom stereocenters. The fourth-order valence-corrected chi connectivity index (χ4v) is 3.02. The van der Waals surface area contributed by atoms with Crippen molar-refractivity contribution in [1.29, 1.82) is 0 Å². The summed E-state index contributed by atoms with van der Waals surface area (Å²) in [5, 5.41) is 2.00. The van der Waals surface area contributed by atoms with Crippen molar-refractivity contribution in [3.63, 3.8) is 0 Å². The summed E-state index contributed by atoms with van der Waals surface area (Å²) in [5.74, 6) is 0.184. The summed E-state index contributed by atoms with van der Waals surface area (Å²) < 4.78 is 1.08. The lowest BCUT2D eigenvalue weighted by Gasteiger charge is -2.02. The average molecular weight is 281 g/mol. The molecule has 2 aromatic heterocycles. The normalized spacial score (nSPS) is 10.8. The van der Waals surface area contributed by atoms with Crippen LogP contribution < -0.4 is 0 Å². The van der Waals surface area contributed by atoms with Crippen molar-refractivity contribution in [2.45, 2.75) is 19.3 Å². The Balaban J connectivity index is 1.61. The third-order valence-electron chi connectivity index (χ3n) is 3.34. The zero-order valence-electron chi connectivity index (χ0n) is 11.1. The molecule has 0 unspecified atom stereocenters. The Kier molecular flexibility index (Phi) is 3.88. The Morgan fingerprint density at radius 3 is 2.85 bits per heavy atom. The molecule has 0 spiro atoms. The molecule has 20 heavy (non-hydrogen) atoms. The number of ketones is 1. The van der Waals surface area contributed by atoms with Gasteiger partial charge in [-0.05, 0) is 35.9 Å². The van der Waals surface area contributed by atoms with Gasteiger partial charge >= 0.3 is 0 Å². The Morgan fingerprint density at radius 2 is 2.00 bits per heavy atom. The van der Waals surface area contributed by atoms with Crippen molar-refractivity contribution < 1.29 is 4.79 Å². The van der Waals surface area contributed by atoms with Gasteiger partial charge in [-0.3, -0.25) is 9.78 Å². The maximum atomic E-state index is 12.2. The molecule has 3 aromatic rings. The first-order valence-electron chi connectivity index (χ1n) is 6.73. The van der Waals surface area contributed by atoms with Crippen LogP contribution in [0.1, 0.15) is 28.8 Å². The van der Waals surface area contributed by atoms with E-state index in [0.717, 1.165) is 28.6 Å². The van der Waals surface area contributed by atoms with Crippen LogP contribution >= 0.6 is 11.3 Å². The minimum atomic E-state index is 0.184. The number of carbonyl (C=O) groups excluding carboxylic acids is 1. The largest absolute Gasteiger partial charge is 0.294 e. The van der Waals surface area contributed by atoms with E-state index in [2.05, 4.69) is 17.1 Å². The number of hydrogen-bond donors (Lipinski definition) is 0. The van der Waals surface area contributed by atoms with Crippen molar-refractivity contribution in [2.24, 2.45) is 0 Å². The monoisotopic (exact) mass is 281 g/mol. The number of thiophene rings is 1. The van der Waals surface area contributed by atoms with Gasteiger partial charge in [0.15, 0.2) is 5.78 Å². The number of rotatable bonds is 5. The third kappa shape index (κ3) is 2.94. The fraction of sp³-hybridized carbons (Fsp3) is 0.176. The van der Waals surface area contributed by atoms with Gasteiger partial charge in [0.2, 0.25) is 0 Å². The lowest BCUT2D eigenvalue weighted by molar-refractivity contribution is 0.0980. The third-order valence-corrected chi connectivity index (χ3v) is 4.19. The molecule has 2 heterocycles. The van der Waals surface area contributed by atoms with E-state index in [1.165, 1.54) is 5.56 Å².